The second kappa shape index (κ2) is 8.57. The molecule has 182 valence electrons. The number of nitrogens with zero attached hydrogens (tertiary/aromatic N) is 5. The number of aromatic nitrogens is 5. The zero-order chi connectivity index (χ0) is 25.8. The standard InChI is InChI=1S/C34H21N5/c1-2-9-27(10-3-1)39-37-31-12-6-11-28(34(31)38-39)30-20-18-24-15-14-23-17-19-29(35-32(23)33(24)36-30)26-16-13-22-7-4-5-8-25(22)21-26/h1-21H. The van der Waals surface area contributed by atoms with E-state index in [9.17, 15) is 0 Å². The fourth-order valence-electron chi connectivity index (χ4n) is 5.25. The summed E-state index contributed by atoms with van der Waals surface area (Å²) < 4.78 is 0. The quantitative estimate of drug-likeness (QED) is 0.231. The summed E-state index contributed by atoms with van der Waals surface area (Å²) in [6, 6.07) is 43.5. The summed E-state index contributed by atoms with van der Waals surface area (Å²) in [5.74, 6) is 0. The van der Waals surface area contributed by atoms with Crippen LogP contribution in [0.3, 0.4) is 0 Å². The van der Waals surface area contributed by atoms with Crippen molar-refractivity contribution in [3.05, 3.63) is 127 Å². The van der Waals surface area contributed by atoms with Crippen LogP contribution >= 0.6 is 0 Å². The van der Waals surface area contributed by atoms with Crippen LogP contribution in [0.5, 0.6) is 0 Å². The smallest absolute Gasteiger partial charge is 0.123 e. The van der Waals surface area contributed by atoms with Gasteiger partial charge >= 0.3 is 0 Å². The first-order chi connectivity index (χ1) is 19.3. The van der Waals surface area contributed by atoms with E-state index in [1.54, 1.807) is 4.80 Å². The molecule has 0 N–H and O–H groups in total. The van der Waals surface area contributed by atoms with Gasteiger partial charge < -0.3 is 0 Å². The summed E-state index contributed by atoms with van der Waals surface area (Å²) in [7, 11) is 0. The molecule has 39 heavy (non-hydrogen) atoms. The van der Waals surface area contributed by atoms with Crippen LogP contribution in [-0.2, 0) is 0 Å². The predicted molar refractivity (Wildman–Crippen MR) is 158 cm³/mol. The molecule has 0 saturated heterocycles. The predicted octanol–water partition coefficient (Wildman–Crippen LogP) is 8.00. The lowest BCUT2D eigenvalue weighted by Gasteiger charge is -2.09. The lowest BCUT2D eigenvalue weighted by atomic mass is 10.0. The van der Waals surface area contributed by atoms with Gasteiger partial charge in [-0.1, -0.05) is 91.0 Å². The highest BCUT2D eigenvalue weighted by atomic mass is 15.5. The van der Waals surface area contributed by atoms with Crippen LogP contribution in [0.15, 0.2) is 127 Å². The summed E-state index contributed by atoms with van der Waals surface area (Å²) in [6.07, 6.45) is 0. The van der Waals surface area contributed by atoms with Crippen LogP contribution in [0.25, 0.3) is 71.8 Å². The first-order valence-electron chi connectivity index (χ1n) is 12.9. The number of pyridine rings is 2. The molecular weight excluding hydrogens is 478 g/mol. The Morgan fingerprint density at radius 1 is 0.436 bits per heavy atom. The Kier molecular flexibility index (Phi) is 4.76. The summed E-state index contributed by atoms with van der Waals surface area (Å²) >= 11 is 0. The molecule has 8 rings (SSSR count). The molecule has 0 radical (unpaired) electrons. The van der Waals surface area contributed by atoms with E-state index in [0.29, 0.717) is 0 Å². The van der Waals surface area contributed by atoms with Crippen LogP contribution in [0, 0.1) is 0 Å². The molecule has 3 heterocycles. The molecule has 0 bridgehead atoms. The summed E-state index contributed by atoms with van der Waals surface area (Å²) in [6.45, 7) is 0. The average Bonchev–Trinajstić information content (AvgIpc) is 3.45. The first kappa shape index (κ1) is 21.6. The third-order valence-corrected chi connectivity index (χ3v) is 7.24. The molecule has 8 aromatic rings. The maximum absolute atomic E-state index is 5.15. The van der Waals surface area contributed by atoms with Crippen molar-refractivity contribution < 1.29 is 0 Å². The maximum Gasteiger partial charge on any atom is 0.123 e. The number of para-hydroxylation sites is 1. The fraction of sp³-hybridized carbons (Fsp3) is 0. The molecule has 3 aromatic heterocycles. The number of rotatable bonds is 3. The third-order valence-electron chi connectivity index (χ3n) is 7.24. The van der Waals surface area contributed by atoms with Crippen molar-refractivity contribution >= 4 is 43.6 Å². The van der Waals surface area contributed by atoms with Crippen LogP contribution in [-0.4, -0.2) is 25.0 Å². The topological polar surface area (TPSA) is 56.5 Å². The highest BCUT2D eigenvalue weighted by molar-refractivity contribution is 6.05. The largest absolute Gasteiger partial charge is 0.245 e. The molecule has 0 fully saturated rings. The zero-order valence-corrected chi connectivity index (χ0v) is 20.9. The monoisotopic (exact) mass is 499 g/mol. The van der Waals surface area contributed by atoms with E-state index in [0.717, 1.165) is 61.0 Å². The molecule has 5 nitrogen and oxygen atoms in total. The van der Waals surface area contributed by atoms with Crippen LogP contribution < -0.4 is 0 Å². The average molecular weight is 500 g/mol. The molecule has 0 aliphatic heterocycles. The second-order valence-corrected chi connectivity index (χ2v) is 9.66. The number of hydrogen-bond acceptors (Lipinski definition) is 4. The molecule has 0 aliphatic rings. The molecule has 5 aromatic carbocycles. The molecule has 0 unspecified atom stereocenters. The Balaban J connectivity index is 1.30. The van der Waals surface area contributed by atoms with E-state index >= 15 is 0 Å². The highest BCUT2D eigenvalue weighted by Gasteiger charge is 2.14. The summed E-state index contributed by atoms with van der Waals surface area (Å²) in [5, 5.41) is 14.1. The van der Waals surface area contributed by atoms with Crippen molar-refractivity contribution in [2.75, 3.05) is 0 Å². The minimum absolute atomic E-state index is 0.818. The van der Waals surface area contributed by atoms with Gasteiger partial charge in [0.1, 0.15) is 11.0 Å². The first-order valence-corrected chi connectivity index (χ1v) is 12.9. The number of hydrogen-bond donors (Lipinski definition) is 0. The summed E-state index contributed by atoms with van der Waals surface area (Å²) in [5.41, 5.74) is 8.14. The molecule has 0 saturated carbocycles. The van der Waals surface area contributed by atoms with Crippen molar-refractivity contribution in [3.63, 3.8) is 0 Å². The Hall–Kier alpha value is -5.42. The Morgan fingerprint density at radius 2 is 1.10 bits per heavy atom. The van der Waals surface area contributed by atoms with Gasteiger partial charge in [0.05, 0.1) is 28.1 Å². The van der Waals surface area contributed by atoms with E-state index in [1.165, 1.54) is 10.8 Å². The van der Waals surface area contributed by atoms with Gasteiger partial charge in [-0.05, 0) is 47.2 Å². The molecular formula is C34H21N5. The van der Waals surface area contributed by atoms with E-state index in [4.69, 9.17) is 20.2 Å². The van der Waals surface area contributed by atoms with Gasteiger partial charge in [0.2, 0.25) is 0 Å². The molecule has 0 spiro atoms. The normalized spacial score (nSPS) is 11.6. The van der Waals surface area contributed by atoms with Crippen LogP contribution in [0.4, 0.5) is 0 Å². The summed E-state index contributed by atoms with van der Waals surface area (Å²) in [4.78, 5) is 12.0. The SMILES string of the molecule is c1ccc(-n2nc3cccc(-c4ccc5ccc6ccc(-c7ccc8ccccc8c7)nc6c5n4)c3n2)cc1. The molecule has 0 atom stereocenters. The van der Waals surface area contributed by atoms with Crippen LogP contribution in [0.2, 0.25) is 0 Å². The maximum atomic E-state index is 5.15. The lowest BCUT2D eigenvalue weighted by Crippen LogP contribution is -1.97. The minimum atomic E-state index is 0.818. The van der Waals surface area contributed by atoms with E-state index < -0.39 is 0 Å². The third kappa shape index (κ3) is 3.63. The Bertz CT molecular complexity index is 2180. The molecule has 0 aliphatic carbocycles. The van der Waals surface area contributed by atoms with Gasteiger partial charge in [0, 0.05) is 21.9 Å². The number of fused-ring (bicyclic) bond motifs is 5. The van der Waals surface area contributed by atoms with Crippen molar-refractivity contribution in [3.8, 4) is 28.2 Å². The van der Waals surface area contributed by atoms with E-state index in [1.807, 2.05) is 42.5 Å². The van der Waals surface area contributed by atoms with Gasteiger partial charge in [-0.3, -0.25) is 0 Å². The Labute approximate surface area is 224 Å². The Morgan fingerprint density at radius 3 is 1.92 bits per heavy atom. The zero-order valence-electron chi connectivity index (χ0n) is 20.9. The molecule has 0 amide bonds. The minimum Gasteiger partial charge on any atom is -0.245 e. The van der Waals surface area contributed by atoms with Gasteiger partial charge in [-0.15, -0.1) is 10.2 Å². The highest BCUT2D eigenvalue weighted by Crippen LogP contribution is 2.31. The van der Waals surface area contributed by atoms with Crippen molar-refractivity contribution in [1.82, 2.24) is 25.0 Å². The van der Waals surface area contributed by atoms with Gasteiger partial charge in [-0.2, -0.15) is 4.80 Å². The van der Waals surface area contributed by atoms with Crippen molar-refractivity contribution in [2.24, 2.45) is 0 Å². The van der Waals surface area contributed by atoms with Crippen LogP contribution in [0.1, 0.15) is 0 Å². The van der Waals surface area contributed by atoms with Gasteiger partial charge in [0.25, 0.3) is 0 Å². The van der Waals surface area contributed by atoms with E-state index in [-0.39, 0.29) is 0 Å². The second-order valence-electron chi connectivity index (χ2n) is 9.66. The number of benzene rings is 5. The van der Waals surface area contributed by atoms with Crippen molar-refractivity contribution in [1.29, 1.82) is 0 Å². The van der Waals surface area contributed by atoms with Crippen molar-refractivity contribution in [2.45, 2.75) is 0 Å². The van der Waals surface area contributed by atoms with Gasteiger partial charge in [-0.25, -0.2) is 9.97 Å². The lowest BCUT2D eigenvalue weighted by molar-refractivity contribution is 0.766. The fourth-order valence-corrected chi connectivity index (χ4v) is 5.25. The molecule has 5 heteroatoms. The van der Waals surface area contributed by atoms with E-state index in [2.05, 4.69) is 84.9 Å². The van der Waals surface area contributed by atoms with Gasteiger partial charge in [0.15, 0.2) is 0 Å².